The fourth-order valence-corrected chi connectivity index (χ4v) is 6.78. The average Bonchev–Trinajstić information content (AvgIpc) is 3.76. The SMILES string of the molecule is CCC(=O)N(C)C(C)C(=O)OC1CC(=O)N(C)c2cc(cc(OC)c2Cl)C/C(C)=C\C=C/C(OC)C2(O)CC(OC(=O)N2)C(C)C2OC12C. The minimum Gasteiger partial charge on any atom is -0.495 e. The summed E-state index contributed by atoms with van der Waals surface area (Å²) in [4.78, 5) is 55.3. The van der Waals surface area contributed by atoms with Gasteiger partial charge in [0.1, 0.15) is 40.7 Å². The van der Waals surface area contributed by atoms with Gasteiger partial charge in [0.05, 0.1) is 25.3 Å². The lowest BCUT2D eigenvalue weighted by Gasteiger charge is -2.42. The Morgan fingerprint density at radius 3 is 2.59 bits per heavy atom. The van der Waals surface area contributed by atoms with E-state index in [9.17, 15) is 24.3 Å². The van der Waals surface area contributed by atoms with Crippen LogP contribution in [0.5, 0.6) is 5.75 Å². The first-order valence-corrected chi connectivity index (χ1v) is 16.7. The number of carbonyl (C=O) groups is 4. The molecule has 8 atom stereocenters. The highest BCUT2D eigenvalue weighted by Gasteiger charge is 2.64. The highest BCUT2D eigenvalue weighted by molar-refractivity contribution is 6.35. The van der Waals surface area contributed by atoms with E-state index in [4.69, 9.17) is 35.3 Å². The molecule has 2 fully saturated rings. The van der Waals surface area contributed by atoms with Crippen LogP contribution in [0.25, 0.3) is 0 Å². The van der Waals surface area contributed by atoms with Crippen molar-refractivity contribution < 1.29 is 48.0 Å². The summed E-state index contributed by atoms with van der Waals surface area (Å²) >= 11 is 6.72. The first-order chi connectivity index (χ1) is 23.0. The quantitative estimate of drug-likeness (QED) is 0.329. The average molecular weight is 706 g/mol. The number of fused-ring (bicyclic) bond motifs is 5. The summed E-state index contributed by atoms with van der Waals surface area (Å²) < 4.78 is 29.0. The number of methoxy groups -OCH3 is 2. The van der Waals surface area contributed by atoms with Crippen LogP contribution in [0.15, 0.2) is 35.9 Å². The van der Waals surface area contributed by atoms with Crippen molar-refractivity contribution in [3.63, 3.8) is 0 Å². The molecule has 4 bridgehead atoms. The summed E-state index contributed by atoms with van der Waals surface area (Å²) in [6, 6.07) is 2.64. The van der Waals surface area contributed by atoms with Crippen molar-refractivity contribution in [3.8, 4) is 5.75 Å². The molecule has 1 aromatic rings. The Morgan fingerprint density at radius 1 is 1.27 bits per heavy atom. The van der Waals surface area contributed by atoms with E-state index in [1.54, 1.807) is 59.0 Å². The van der Waals surface area contributed by atoms with Gasteiger partial charge in [0.25, 0.3) is 0 Å². The number of hydrogen-bond donors (Lipinski definition) is 2. The first-order valence-electron chi connectivity index (χ1n) is 16.3. The summed E-state index contributed by atoms with van der Waals surface area (Å²) in [5.41, 5.74) is -0.870. The van der Waals surface area contributed by atoms with Crippen LogP contribution in [0, 0.1) is 5.92 Å². The van der Waals surface area contributed by atoms with E-state index in [1.165, 1.54) is 31.1 Å². The van der Waals surface area contributed by atoms with E-state index in [0.29, 0.717) is 17.9 Å². The molecule has 49 heavy (non-hydrogen) atoms. The van der Waals surface area contributed by atoms with Gasteiger partial charge in [0, 0.05) is 40.0 Å². The van der Waals surface area contributed by atoms with Crippen LogP contribution in [-0.2, 0) is 39.8 Å². The van der Waals surface area contributed by atoms with Crippen LogP contribution >= 0.6 is 11.6 Å². The van der Waals surface area contributed by atoms with E-state index in [1.807, 2.05) is 13.0 Å². The van der Waals surface area contributed by atoms with Gasteiger partial charge in [-0.15, -0.1) is 0 Å². The lowest BCUT2D eigenvalue weighted by molar-refractivity contribution is -0.162. The number of carbonyl (C=O) groups excluding carboxylic acids is 4. The summed E-state index contributed by atoms with van der Waals surface area (Å²) in [7, 11) is 6.01. The topological polar surface area (TPSA) is 156 Å². The minimum absolute atomic E-state index is 0.0431. The fraction of sp³-hybridized carbons (Fsp3) is 0.600. The number of anilines is 1. The number of epoxide rings is 1. The molecule has 0 radical (unpaired) electrons. The van der Waals surface area contributed by atoms with Gasteiger partial charge in [-0.1, -0.05) is 49.2 Å². The number of likely N-dealkylation sites (N-methyl/N-ethyl adjacent to an activating group) is 1. The van der Waals surface area contributed by atoms with Gasteiger partial charge in [-0.2, -0.15) is 0 Å². The Hall–Kier alpha value is -3.65. The molecule has 4 rings (SSSR count). The minimum atomic E-state index is -1.82. The number of allylic oxidation sites excluding steroid dienone is 3. The van der Waals surface area contributed by atoms with Crippen molar-refractivity contribution in [2.24, 2.45) is 5.92 Å². The molecule has 1 aromatic carbocycles. The second-order valence-corrected chi connectivity index (χ2v) is 13.6. The third-order valence-corrected chi connectivity index (χ3v) is 10.2. The third kappa shape index (κ3) is 8.06. The van der Waals surface area contributed by atoms with E-state index < -0.39 is 65.7 Å². The Labute approximate surface area is 292 Å². The molecule has 2 saturated heterocycles. The molecule has 0 aromatic heterocycles. The molecule has 3 aliphatic rings. The molecular formula is C35H48ClN3O10. The predicted molar refractivity (Wildman–Crippen MR) is 181 cm³/mol. The first kappa shape index (κ1) is 38.2. The van der Waals surface area contributed by atoms with Crippen LogP contribution in [0.3, 0.4) is 0 Å². The normalized spacial score (nSPS) is 32.8. The molecule has 3 amide bonds. The molecule has 8 unspecified atom stereocenters. The maximum Gasteiger partial charge on any atom is 0.409 e. The lowest BCUT2D eigenvalue weighted by Crippen LogP contribution is -2.63. The van der Waals surface area contributed by atoms with Crippen molar-refractivity contribution in [1.29, 1.82) is 0 Å². The van der Waals surface area contributed by atoms with Gasteiger partial charge in [0.15, 0.2) is 5.72 Å². The van der Waals surface area contributed by atoms with Crippen LogP contribution in [0.1, 0.15) is 59.4 Å². The standard InChI is InChI=1S/C35H48ClN3O10/c1-10-28(40)38(6)21(4)32(42)48-27-17-29(41)39(7)23-15-22(16-24(45-8)30(23)36)14-19(2)12-11-13-26(46-9)35(44)18-25(47-33(43)37-35)20(3)31-34(27,5)49-31/h11-13,15-16,20-21,25-27,31,44H,10,14,17-18H2,1-9H3,(H,37,43)/b13-11-,19-12-. The molecular weight excluding hydrogens is 658 g/mol. The lowest BCUT2D eigenvalue weighted by atomic mass is 9.83. The largest absolute Gasteiger partial charge is 0.495 e. The Kier molecular flexibility index (Phi) is 11.7. The number of nitrogens with one attached hydrogen (secondary N) is 1. The van der Waals surface area contributed by atoms with Gasteiger partial charge in [-0.05, 0) is 44.9 Å². The maximum absolute atomic E-state index is 14.0. The van der Waals surface area contributed by atoms with Gasteiger partial charge < -0.3 is 38.6 Å². The second-order valence-electron chi connectivity index (χ2n) is 13.3. The van der Waals surface area contributed by atoms with Gasteiger partial charge >= 0.3 is 12.1 Å². The number of halogens is 1. The van der Waals surface area contributed by atoms with Crippen LogP contribution in [-0.4, -0.2) is 104 Å². The number of rotatable bonds is 6. The Balaban J connectivity index is 1.79. The summed E-state index contributed by atoms with van der Waals surface area (Å²) in [5.74, 6) is -1.53. The number of esters is 1. The van der Waals surface area contributed by atoms with Crippen LogP contribution in [0.4, 0.5) is 10.5 Å². The number of benzene rings is 1. The Bertz CT molecular complexity index is 1520. The number of amides is 3. The maximum atomic E-state index is 14.0. The zero-order valence-corrected chi connectivity index (χ0v) is 30.3. The monoisotopic (exact) mass is 705 g/mol. The van der Waals surface area contributed by atoms with E-state index in [-0.39, 0.29) is 30.2 Å². The molecule has 0 saturated carbocycles. The third-order valence-electron chi connectivity index (χ3n) is 9.83. The summed E-state index contributed by atoms with van der Waals surface area (Å²) in [6.07, 6.45) is 1.22. The predicted octanol–water partition coefficient (Wildman–Crippen LogP) is 3.92. The molecule has 3 heterocycles. The number of alkyl carbamates (subject to hydrolysis) is 1. The fourth-order valence-electron chi connectivity index (χ4n) is 6.47. The number of nitrogens with zero attached hydrogens (tertiary/aromatic N) is 2. The number of aliphatic hydroxyl groups is 1. The molecule has 270 valence electrons. The van der Waals surface area contributed by atoms with Gasteiger partial charge in [-0.3, -0.25) is 14.9 Å². The highest BCUT2D eigenvalue weighted by atomic mass is 35.5. The Morgan fingerprint density at radius 2 is 1.96 bits per heavy atom. The van der Waals surface area contributed by atoms with E-state index in [2.05, 4.69) is 5.32 Å². The van der Waals surface area contributed by atoms with Crippen molar-refractivity contribution in [1.82, 2.24) is 10.2 Å². The molecule has 3 aliphatic heterocycles. The molecule has 0 spiro atoms. The van der Waals surface area contributed by atoms with Crippen LogP contribution in [0.2, 0.25) is 5.02 Å². The highest BCUT2D eigenvalue weighted by Crippen LogP contribution is 2.49. The van der Waals surface area contributed by atoms with Crippen LogP contribution < -0.4 is 15.0 Å². The number of ether oxygens (including phenoxy) is 5. The van der Waals surface area contributed by atoms with Crippen molar-refractivity contribution in [2.45, 2.75) is 102 Å². The van der Waals surface area contributed by atoms with Crippen molar-refractivity contribution in [2.75, 3.05) is 33.2 Å². The zero-order chi connectivity index (χ0) is 36.4. The second kappa shape index (κ2) is 15.1. The van der Waals surface area contributed by atoms with Gasteiger partial charge in [-0.25, -0.2) is 9.59 Å². The smallest absolute Gasteiger partial charge is 0.409 e. The number of hydrogen-bond acceptors (Lipinski definition) is 10. The summed E-state index contributed by atoms with van der Waals surface area (Å²) in [5, 5.41) is 14.4. The molecule has 13 nitrogen and oxygen atoms in total. The van der Waals surface area contributed by atoms with E-state index in [0.717, 1.165) is 11.1 Å². The molecule has 14 heteroatoms. The van der Waals surface area contributed by atoms with Gasteiger partial charge in [0.2, 0.25) is 11.8 Å². The van der Waals surface area contributed by atoms with Crippen molar-refractivity contribution in [3.05, 3.63) is 46.5 Å². The zero-order valence-electron chi connectivity index (χ0n) is 29.6. The van der Waals surface area contributed by atoms with E-state index >= 15 is 0 Å². The molecule has 2 N–H and O–H groups in total. The molecule has 0 aliphatic carbocycles. The summed E-state index contributed by atoms with van der Waals surface area (Å²) in [6.45, 7) is 8.68. The van der Waals surface area contributed by atoms with Crippen molar-refractivity contribution >= 4 is 41.2 Å².